The SMILES string of the molecule is CC/C=C\C/C=C\C/C=C\C/C=C\C/C=C\CCCCCCCCCCCCCCCCCC(=O)OCC(COC(=O)CCCCCCCCC)OC(=O)CCCCCCCCCCCCCCCCCCCCCCCCCC. The molecule has 0 rings (SSSR count). The van der Waals surface area contributed by atoms with Gasteiger partial charge in [-0.15, -0.1) is 0 Å². The van der Waals surface area contributed by atoms with Gasteiger partial charge in [-0.3, -0.25) is 14.4 Å². The molecule has 6 nitrogen and oxygen atoms in total. The number of hydrogen-bond acceptors (Lipinski definition) is 6. The third-order valence-electron chi connectivity index (χ3n) is 15.8. The fourth-order valence-corrected chi connectivity index (χ4v) is 10.5. The minimum Gasteiger partial charge on any atom is -0.462 e. The van der Waals surface area contributed by atoms with Gasteiger partial charge in [0, 0.05) is 19.3 Å². The summed E-state index contributed by atoms with van der Waals surface area (Å²) in [4.78, 5) is 38.2. The maximum absolute atomic E-state index is 12.9. The van der Waals surface area contributed by atoms with E-state index in [9.17, 15) is 14.4 Å². The molecule has 6 heteroatoms. The van der Waals surface area contributed by atoms with E-state index >= 15 is 0 Å². The Bertz CT molecular complexity index is 1430. The molecule has 0 N–H and O–H groups in total. The Hall–Kier alpha value is -2.89. The molecule has 0 aliphatic heterocycles. The third-order valence-corrected chi connectivity index (χ3v) is 15.8. The summed E-state index contributed by atoms with van der Waals surface area (Å²) in [5.41, 5.74) is 0. The lowest BCUT2D eigenvalue weighted by molar-refractivity contribution is -0.167. The highest BCUT2D eigenvalue weighted by Gasteiger charge is 2.19. The molecule has 80 heavy (non-hydrogen) atoms. The fraction of sp³-hybridized carbons (Fsp3) is 0.824. The zero-order valence-electron chi connectivity index (χ0n) is 53.6. The molecule has 0 fully saturated rings. The zero-order chi connectivity index (χ0) is 57.8. The van der Waals surface area contributed by atoms with Gasteiger partial charge >= 0.3 is 17.9 Å². The predicted octanol–water partition coefficient (Wildman–Crippen LogP) is 24.3. The van der Waals surface area contributed by atoms with Gasteiger partial charge in [0.15, 0.2) is 6.10 Å². The van der Waals surface area contributed by atoms with Crippen molar-refractivity contribution in [1.82, 2.24) is 0 Å². The van der Waals surface area contributed by atoms with Crippen LogP contribution in [0.1, 0.15) is 374 Å². The Balaban J connectivity index is 4.02. The minimum absolute atomic E-state index is 0.0682. The van der Waals surface area contributed by atoms with Crippen LogP contribution in [0.5, 0.6) is 0 Å². The highest BCUT2D eigenvalue weighted by Crippen LogP contribution is 2.18. The van der Waals surface area contributed by atoms with Crippen molar-refractivity contribution in [2.24, 2.45) is 0 Å². The average molecular weight is 1120 g/mol. The molecule has 0 radical (unpaired) electrons. The number of ether oxygens (including phenoxy) is 3. The number of unbranched alkanes of at least 4 members (excludes halogenated alkanes) is 44. The number of carbonyl (C=O) groups is 3. The van der Waals surface area contributed by atoms with Crippen molar-refractivity contribution >= 4 is 17.9 Å². The van der Waals surface area contributed by atoms with E-state index in [-0.39, 0.29) is 31.1 Å². The number of hydrogen-bond donors (Lipinski definition) is 0. The zero-order valence-corrected chi connectivity index (χ0v) is 53.6. The number of carbonyl (C=O) groups excluding carboxylic acids is 3. The highest BCUT2D eigenvalue weighted by molar-refractivity contribution is 5.71. The minimum atomic E-state index is -0.769. The molecule has 0 aliphatic rings. The van der Waals surface area contributed by atoms with Gasteiger partial charge in [-0.25, -0.2) is 0 Å². The molecule has 0 aromatic rings. The number of rotatable bonds is 65. The van der Waals surface area contributed by atoms with Crippen LogP contribution in [0.25, 0.3) is 0 Å². The smallest absolute Gasteiger partial charge is 0.306 e. The molecule has 0 saturated carbocycles. The fourth-order valence-electron chi connectivity index (χ4n) is 10.5. The summed E-state index contributed by atoms with van der Waals surface area (Å²) < 4.78 is 16.9. The molecule has 0 amide bonds. The van der Waals surface area contributed by atoms with Crippen molar-refractivity contribution in [3.63, 3.8) is 0 Å². The standard InChI is InChI=1S/C74H134O6/c1-4-7-10-13-16-18-20-22-24-26-28-30-32-34-35-36-37-38-39-40-42-43-45-47-49-51-53-55-58-61-64-67-73(76)79-70-71(69-78-72(75)66-63-60-57-15-12-9-6-3)80-74(77)68-65-62-59-56-54-52-50-48-46-44-41-33-31-29-27-25-23-21-19-17-14-11-8-5-2/h7,10,16,18,22,24,28,30,34-35,71H,4-6,8-9,11-15,17,19-21,23,25-27,29,31-33,36-70H2,1-3H3/b10-7-,18-16-,24-22-,30-28-,35-34-. The van der Waals surface area contributed by atoms with Gasteiger partial charge in [0.2, 0.25) is 0 Å². The molecular formula is C74H134O6. The van der Waals surface area contributed by atoms with Gasteiger partial charge in [-0.2, -0.15) is 0 Å². The first-order valence-corrected chi connectivity index (χ1v) is 35.3. The van der Waals surface area contributed by atoms with Crippen LogP contribution in [0.2, 0.25) is 0 Å². The Morgan fingerprint density at radius 3 is 0.762 bits per heavy atom. The summed E-state index contributed by atoms with van der Waals surface area (Å²) in [7, 11) is 0. The van der Waals surface area contributed by atoms with Gasteiger partial charge in [-0.05, 0) is 64.2 Å². The first kappa shape index (κ1) is 77.1. The number of allylic oxidation sites excluding steroid dienone is 10. The summed E-state index contributed by atoms with van der Waals surface area (Å²) >= 11 is 0. The lowest BCUT2D eigenvalue weighted by Crippen LogP contribution is -2.30. The molecule has 0 spiro atoms. The Morgan fingerprint density at radius 2 is 0.487 bits per heavy atom. The summed E-state index contributed by atoms with van der Waals surface area (Å²) in [6.07, 6.45) is 88.6. The Kier molecular flexibility index (Phi) is 66.1. The lowest BCUT2D eigenvalue weighted by Gasteiger charge is -2.18. The third kappa shape index (κ3) is 65.9. The molecule has 0 aromatic carbocycles. The first-order chi connectivity index (χ1) is 39.5. The topological polar surface area (TPSA) is 78.9 Å². The van der Waals surface area contributed by atoms with Crippen LogP contribution in [-0.4, -0.2) is 37.2 Å². The monoisotopic (exact) mass is 1120 g/mol. The van der Waals surface area contributed by atoms with Gasteiger partial charge in [0.25, 0.3) is 0 Å². The molecular weight excluding hydrogens is 985 g/mol. The quantitative estimate of drug-likeness (QED) is 0.0261. The molecule has 0 heterocycles. The van der Waals surface area contributed by atoms with E-state index in [4.69, 9.17) is 14.2 Å². The predicted molar refractivity (Wildman–Crippen MR) is 348 cm³/mol. The highest BCUT2D eigenvalue weighted by atomic mass is 16.6. The molecule has 0 aromatic heterocycles. The molecule has 1 atom stereocenters. The Labute approximate surface area is 498 Å². The average Bonchev–Trinajstić information content (AvgIpc) is 3.46. The van der Waals surface area contributed by atoms with E-state index in [1.807, 2.05) is 0 Å². The van der Waals surface area contributed by atoms with Crippen molar-refractivity contribution < 1.29 is 28.6 Å². The largest absolute Gasteiger partial charge is 0.462 e. The van der Waals surface area contributed by atoms with Crippen LogP contribution in [0, 0.1) is 0 Å². The van der Waals surface area contributed by atoms with Crippen LogP contribution in [0.3, 0.4) is 0 Å². The Morgan fingerprint density at radius 1 is 0.263 bits per heavy atom. The van der Waals surface area contributed by atoms with E-state index in [0.717, 1.165) is 89.9 Å². The van der Waals surface area contributed by atoms with Crippen molar-refractivity contribution in [3.8, 4) is 0 Å². The van der Waals surface area contributed by atoms with E-state index in [2.05, 4.69) is 81.5 Å². The summed E-state index contributed by atoms with van der Waals surface area (Å²) in [5.74, 6) is -0.851. The second-order valence-electron chi connectivity index (χ2n) is 23.8. The van der Waals surface area contributed by atoms with Gasteiger partial charge in [0.1, 0.15) is 13.2 Å². The van der Waals surface area contributed by atoms with Gasteiger partial charge in [0.05, 0.1) is 0 Å². The van der Waals surface area contributed by atoms with Gasteiger partial charge in [-0.1, -0.05) is 351 Å². The number of esters is 3. The van der Waals surface area contributed by atoms with Crippen molar-refractivity contribution in [2.75, 3.05) is 13.2 Å². The van der Waals surface area contributed by atoms with Crippen LogP contribution >= 0.6 is 0 Å². The van der Waals surface area contributed by atoms with Crippen LogP contribution in [-0.2, 0) is 28.6 Å². The van der Waals surface area contributed by atoms with Crippen molar-refractivity contribution in [1.29, 1.82) is 0 Å². The van der Waals surface area contributed by atoms with Crippen LogP contribution in [0.4, 0.5) is 0 Å². The normalized spacial score (nSPS) is 12.4. The van der Waals surface area contributed by atoms with E-state index < -0.39 is 6.10 Å². The van der Waals surface area contributed by atoms with Gasteiger partial charge < -0.3 is 14.2 Å². The summed E-state index contributed by atoms with van der Waals surface area (Å²) in [6.45, 7) is 6.55. The van der Waals surface area contributed by atoms with E-state index in [1.54, 1.807) is 0 Å². The van der Waals surface area contributed by atoms with Crippen LogP contribution < -0.4 is 0 Å². The van der Waals surface area contributed by atoms with Crippen molar-refractivity contribution in [3.05, 3.63) is 60.8 Å². The van der Waals surface area contributed by atoms with Crippen molar-refractivity contribution in [2.45, 2.75) is 380 Å². The maximum atomic E-state index is 12.9. The van der Waals surface area contributed by atoms with Crippen LogP contribution in [0.15, 0.2) is 60.8 Å². The summed E-state index contributed by atoms with van der Waals surface area (Å²) in [5, 5.41) is 0. The molecule has 0 aliphatic carbocycles. The molecule has 0 bridgehead atoms. The van der Waals surface area contributed by atoms with E-state index in [1.165, 1.54) is 244 Å². The maximum Gasteiger partial charge on any atom is 0.306 e. The molecule has 0 saturated heterocycles. The lowest BCUT2D eigenvalue weighted by atomic mass is 10.0. The molecule has 1 unspecified atom stereocenters. The van der Waals surface area contributed by atoms with E-state index in [0.29, 0.717) is 19.3 Å². The second kappa shape index (κ2) is 68.6. The second-order valence-corrected chi connectivity index (χ2v) is 23.8. The summed E-state index contributed by atoms with van der Waals surface area (Å²) in [6, 6.07) is 0. The first-order valence-electron chi connectivity index (χ1n) is 35.3. The molecule has 466 valence electrons.